The first kappa shape index (κ1) is 21.0. The molecule has 3 rings (SSSR count). The molecule has 0 aliphatic heterocycles. The summed E-state index contributed by atoms with van der Waals surface area (Å²) in [5.74, 6) is -2.04. The zero-order valence-electron chi connectivity index (χ0n) is 15.3. The molecule has 3 aromatic rings. The molecule has 0 aliphatic carbocycles. The molecule has 0 atom stereocenters. The van der Waals surface area contributed by atoms with Gasteiger partial charge in [-0.15, -0.1) is 0 Å². The van der Waals surface area contributed by atoms with Gasteiger partial charge in [-0.1, -0.05) is 12.1 Å². The Morgan fingerprint density at radius 3 is 2.60 bits per heavy atom. The standard InChI is InChI=1S/C19H15FN4O5S/c20-12-5-7-13(8-6-12)30(27,28)22-10-18(26)29-11-17(25)14(9-21)19-23-15-3-1-2-4-16(15)24-19/h1-8,22,25H,10-11H2,(H,23,24)/b17-14-. The Kier molecular flexibility index (Phi) is 6.10. The van der Waals surface area contributed by atoms with Gasteiger partial charge in [0.15, 0.2) is 11.6 Å². The van der Waals surface area contributed by atoms with Gasteiger partial charge in [-0.2, -0.15) is 9.98 Å². The minimum absolute atomic E-state index is 0.101. The molecule has 0 amide bonds. The molecule has 0 spiro atoms. The Morgan fingerprint density at radius 2 is 1.93 bits per heavy atom. The number of nitrogens with zero attached hydrogens (tertiary/aromatic N) is 2. The van der Waals surface area contributed by atoms with Crippen LogP contribution in [0.5, 0.6) is 0 Å². The zero-order chi connectivity index (χ0) is 21.7. The van der Waals surface area contributed by atoms with E-state index in [4.69, 9.17) is 4.74 Å². The number of aromatic amines is 1. The second-order valence-corrected chi connectivity index (χ2v) is 7.74. The second-order valence-electron chi connectivity index (χ2n) is 5.98. The van der Waals surface area contributed by atoms with Crippen molar-refractivity contribution in [3.05, 3.63) is 65.9 Å². The molecule has 0 aliphatic rings. The number of aliphatic hydroxyl groups excluding tert-OH is 1. The van der Waals surface area contributed by atoms with E-state index in [1.807, 2.05) is 4.72 Å². The summed E-state index contributed by atoms with van der Waals surface area (Å²) in [7, 11) is -4.05. The lowest BCUT2D eigenvalue weighted by molar-refractivity contribution is -0.141. The maximum absolute atomic E-state index is 12.9. The highest BCUT2D eigenvalue weighted by molar-refractivity contribution is 7.89. The third kappa shape index (κ3) is 4.80. The van der Waals surface area contributed by atoms with Crippen molar-refractivity contribution in [2.75, 3.05) is 13.2 Å². The highest BCUT2D eigenvalue weighted by Gasteiger charge is 2.18. The number of ether oxygens (including phenoxy) is 1. The van der Waals surface area contributed by atoms with Crippen molar-refractivity contribution in [3.63, 3.8) is 0 Å². The lowest BCUT2D eigenvalue weighted by Crippen LogP contribution is -2.31. The molecular formula is C19H15FN4O5S. The topological polar surface area (TPSA) is 145 Å². The Morgan fingerprint density at radius 1 is 1.23 bits per heavy atom. The largest absolute Gasteiger partial charge is 0.507 e. The predicted molar refractivity (Wildman–Crippen MR) is 104 cm³/mol. The van der Waals surface area contributed by atoms with Crippen molar-refractivity contribution in [2.24, 2.45) is 0 Å². The van der Waals surface area contributed by atoms with Gasteiger partial charge in [0.25, 0.3) is 0 Å². The number of allylic oxidation sites excluding steroid dienone is 1. The minimum Gasteiger partial charge on any atom is -0.507 e. The lowest BCUT2D eigenvalue weighted by atomic mass is 10.2. The molecule has 2 aromatic carbocycles. The smallest absolute Gasteiger partial charge is 0.321 e. The van der Waals surface area contributed by atoms with Crippen molar-refractivity contribution < 1.29 is 27.4 Å². The third-order valence-corrected chi connectivity index (χ3v) is 5.34. The number of halogens is 1. The van der Waals surface area contributed by atoms with E-state index >= 15 is 0 Å². The number of hydrogen-bond donors (Lipinski definition) is 3. The molecule has 0 saturated carbocycles. The highest BCUT2D eigenvalue weighted by atomic mass is 32.2. The van der Waals surface area contributed by atoms with Crippen molar-refractivity contribution in [3.8, 4) is 6.07 Å². The summed E-state index contributed by atoms with van der Waals surface area (Å²) >= 11 is 0. The Balaban J connectivity index is 1.62. The number of esters is 1. The number of carbonyl (C=O) groups is 1. The SMILES string of the molecule is N#C/C(=C(/O)COC(=O)CNS(=O)(=O)c1ccc(F)cc1)c1nc2ccccc2[nH]1. The van der Waals surface area contributed by atoms with Gasteiger partial charge in [0.05, 0.1) is 15.9 Å². The molecule has 154 valence electrons. The van der Waals surface area contributed by atoms with E-state index in [0.29, 0.717) is 11.0 Å². The number of para-hydroxylation sites is 2. The highest BCUT2D eigenvalue weighted by Crippen LogP contribution is 2.18. The molecule has 0 bridgehead atoms. The van der Waals surface area contributed by atoms with E-state index in [2.05, 4.69) is 9.97 Å². The van der Waals surface area contributed by atoms with Crippen LogP contribution in [-0.2, 0) is 19.6 Å². The molecule has 11 heteroatoms. The molecule has 30 heavy (non-hydrogen) atoms. The second kappa shape index (κ2) is 8.73. The number of benzene rings is 2. The molecule has 1 aromatic heterocycles. The van der Waals surface area contributed by atoms with Crippen molar-refractivity contribution >= 4 is 32.6 Å². The van der Waals surface area contributed by atoms with Gasteiger partial charge in [-0.25, -0.2) is 17.8 Å². The van der Waals surface area contributed by atoms with Crippen molar-refractivity contribution in [1.82, 2.24) is 14.7 Å². The molecule has 0 radical (unpaired) electrons. The molecule has 0 unspecified atom stereocenters. The van der Waals surface area contributed by atoms with E-state index in [1.54, 1.807) is 30.3 Å². The normalized spacial score (nSPS) is 12.3. The summed E-state index contributed by atoms with van der Waals surface area (Å²) in [4.78, 5) is 18.7. The number of aliphatic hydroxyl groups is 1. The number of fused-ring (bicyclic) bond motifs is 1. The van der Waals surface area contributed by atoms with Crippen molar-refractivity contribution in [1.29, 1.82) is 5.26 Å². The third-order valence-electron chi connectivity index (χ3n) is 3.93. The maximum Gasteiger partial charge on any atom is 0.321 e. The van der Waals surface area contributed by atoms with Crippen LogP contribution in [0.1, 0.15) is 5.82 Å². The minimum atomic E-state index is -4.05. The number of hydrogen-bond acceptors (Lipinski definition) is 7. The van der Waals surface area contributed by atoms with Crippen LogP contribution in [0.4, 0.5) is 4.39 Å². The van der Waals surface area contributed by atoms with Crippen LogP contribution in [0.15, 0.2) is 59.2 Å². The molecule has 9 nitrogen and oxygen atoms in total. The van der Waals surface area contributed by atoms with Crippen LogP contribution < -0.4 is 4.72 Å². The molecule has 1 heterocycles. The quantitative estimate of drug-likeness (QED) is 0.295. The van der Waals surface area contributed by atoms with Gasteiger partial charge in [0, 0.05) is 0 Å². The number of H-pyrrole nitrogens is 1. The summed E-state index contributed by atoms with van der Waals surface area (Å²) in [5, 5.41) is 19.4. The van der Waals surface area contributed by atoms with E-state index in [0.717, 1.165) is 24.3 Å². The van der Waals surface area contributed by atoms with Crippen LogP contribution >= 0.6 is 0 Å². The molecular weight excluding hydrogens is 415 g/mol. The summed E-state index contributed by atoms with van der Waals surface area (Å²) in [6, 6.07) is 12.8. The number of aromatic nitrogens is 2. The van der Waals surface area contributed by atoms with Gasteiger partial charge in [-0.3, -0.25) is 4.79 Å². The molecule has 0 saturated heterocycles. The number of nitriles is 1. The van der Waals surface area contributed by atoms with Crippen molar-refractivity contribution in [2.45, 2.75) is 4.90 Å². The summed E-state index contributed by atoms with van der Waals surface area (Å²) < 4.78 is 43.8. The summed E-state index contributed by atoms with van der Waals surface area (Å²) in [6.45, 7) is -1.38. The Hall–Kier alpha value is -3.75. The van der Waals surface area contributed by atoms with Crippen LogP contribution in [0, 0.1) is 17.1 Å². The molecule has 0 fully saturated rings. The zero-order valence-corrected chi connectivity index (χ0v) is 16.1. The predicted octanol–water partition coefficient (Wildman–Crippen LogP) is 2.02. The average Bonchev–Trinajstić information content (AvgIpc) is 3.15. The van der Waals surface area contributed by atoms with Crippen LogP contribution in [0.2, 0.25) is 0 Å². The summed E-state index contributed by atoms with van der Waals surface area (Å²) in [5.41, 5.74) is 1.02. The van der Waals surface area contributed by atoms with Crippen LogP contribution in [0.3, 0.4) is 0 Å². The fourth-order valence-electron chi connectivity index (χ4n) is 2.45. The molecule has 3 N–H and O–H groups in total. The maximum atomic E-state index is 12.9. The Labute approximate surface area is 170 Å². The van der Waals surface area contributed by atoms with E-state index < -0.39 is 40.7 Å². The van der Waals surface area contributed by atoms with Gasteiger partial charge in [0.1, 0.15) is 30.6 Å². The first-order valence-electron chi connectivity index (χ1n) is 8.48. The number of rotatable bonds is 7. The average molecular weight is 430 g/mol. The van der Waals surface area contributed by atoms with E-state index in [9.17, 15) is 28.0 Å². The fraction of sp³-hybridized carbons (Fsp3) is 0.105. The monoisotopic (exact) mass is 430 g/mol. The van der Waals surface area contributed by atoms with Crippen LogP contribution in [0.25, 0.3) is 16.6 Å². The first-order chi connectivity index (χ1) is 14.3. The van der Waals surface area contributed by atoms with Gasteiger partial charge in [-0.05, 0) is 36.4 Å². The first-order valence-corrected chi connectivity index (χ1v) is 9.96. The van der Waals surface area contributed by atoms with Gasteiger partial charge >= 0.3 is 5.97 Å². The van der Waals surface area contributed by atoms with Gasteiger partial charge in [0.2, 0.25) is 10.0 Å². The number of carbonyl (C=O) groups excluding carboxylic acids is 1. The van der Waals surface area contributed by atoms with E-state index in [-0.39, 0.29) is 16.3 Å². The lowest BCUT2D eigenvalue weighted by Gasteiger charge is -2.08. The number of imidazole rings is 1. The summed E-state index contributed by atoms with van der Waals surface area (Å²) in [6.07, 6.45) is 0. The Bertz CT molecular complexity index is 1230. The number of nitrogens with one attached hydrogen (secondary N) is 2. The van der Waals surface area contributed by atoms with Gasteiger partial charge < -0.3 is 14.8 Å². The fourth-order valence-corrected chi connectivity index (χ4v) is 3.42. The number of sulfonamides is 1. The van der Waals surface area contributed by atoms with Crippen LogP contribution in [-0.4, -0.2) is 42.6 Å². The van der Waals surface area contributed by atoms with E-state index in [1.165, 1.54) is 0 Å².